The first-order valence-electron chi connectivity index (χ1n) is 7.11. The molecule has 2 aromatic rings. The zero-order valence-corrected chi connectivity index (χ0v) is 14.0. The molecule has 0 aliphatic carbocycles. The molecule has 126 valence electrons. The van der Waals surface area contributed by atoms with Crippen molar-refractivity contribution in [2.45, 2.75) is 4.90 Å². The minimum atomic E-state index is -3.75. The van der Waals surface area contributed by atoms with Crippen molar-refractivity contribution in [2.24, 2.45) is 0 Å². The summed E-state index contributed by atoms with van der Waals surface area (Å²) in [7, 11) is -0.620. The second kappa shape index (κ2) is 6.04. The lowest BCUT2D eigenvalue weighted by molar-refractivity contribution is -0.120. The monoisotopic (exact) mass is 348 g/mol. The standard InChI is InChI=1S/C16H16N2O5S/c1-18-14-9-11(3-8-15(14)23-10-16(18)19)17-24(20,21)13-6-4-12(22-2)5-7-13/h3-9,17H,10H2,1-2H3. The third-order valence-electron chi connectivity index (χ3n) is 3.67. The van der Waals surface area contributed by atoms with Gasteiger partial charge in [-0.3, -0.25) is 9.52 Å². The first-order valence-corrected chi connectivity index (χ1v) is 8.59. The Labute approximate surface area is 139 Å². The van der Waals surface area contributed by atoms with E-state index >= 15 is 0 Å². The topological polar surface area (TPSA) is 84.9 Å². The normalized spacial score (nSPS) is 13.9. The van der Waals surface area contributed by atoms with Gasteiger partial charge in [0.05, 0.1) is 23.4 Å². The number of amides is 1. The highest BCUT2D eigenvalue weighted by atomic mass is 32.2. The van der Waals surface area contributed by atoms with Crippen LogP contribution in [-0.4, -0.2) is 35.1 Å². The molecule has 0 bridgehead atoms. The summed E-state index contributed by atoms with van der Waals surface area (Å²) in [6.45, 7) is -0.0274. The summed E-state index contributed by atoms with van der Waals surface area (Å²) in [6, 6.07) is 10.8. The number of fused-ring (bicyclic) bond motifs is 1. The van der Waals surface area contributed by atoms with Crippen molar-refractivity contribution in [3.8, 4) is 11.5 Å². The highest BCUT2D eigenvalue weighted by molar-refractivity contribution is 7.92. The Bertz CT molecular complexity index is 878. The van der Waals surface area contributed by atoms with Gasteiger partial charge in [0, 0.05) is 7.05 Å². The fourth-order valence-corrected chi connectivity index (χ4v) is 3.35. The molecule has 8 heteroatoms. The van der Waals surface area contributed by atoms with Crippen LogP contribution in [0.4, 0.5) is 11.4 Å². The Morgan fingerprint density at radius 3 is 2.54 bits per heavy atom. The molecule has 3 rings (SSSR count). The molecule has 1 amide bonds. The Morgan fingerprint density at radius 2 is 1.88 bits per heavy atom. The van der Waals surface area contributed by atoms with Crippen molar-refractivity contribution in [1.29, 1.82) is 0 Å². The summed E-state index contributed by atoms with van der Waals surface area (Å²) >= 11 is 0. The molecular weight excluding hydrogens is 332 g/mol. The number of benzene rings is 2. The van der Waals surface area contributed by atoms with Crippen molar-refractivity contribution >= 4 is 27.3 Å². The number of nitrogens with one attached hydrogen (secondary N) is 1. The Hall–Kier alpha value is -2.74. The van der Waals surface area contributed by atoms with Crippen molar-refractivity contribution in [1.82, 2.24) is 0 Å². The van der Waals surface area contributed by atoms with Crippen LogP contribution in [0.1, 0.15) is 0 Å². The van der Waals surface area contributed by atoms with E-state index in [-0.39, 0.29) is 17.4 Å². The van der Waals surface area contributed by atoms with Gasteiger partial charge in [-0.05, 0) is 42.5 Å². The van der Waals surface area contributed by atoms with Gasteiger partial charge in [-0.1, -0.05) is 0 Å². The van der Waals surface area contributed by atoms with Gasteiger partial charge in [0.15, 0.2) is 6.61 Å². The van der Waals surface area contributed by atoms with E-state index in [0.29, 0.717) is 22.9 Å². The van der Waals surface area contributed by atoms with Crippen LogP contribution in [0, 0.1) is 0 Å². The number of likely N-dealkylation sites (N-methyl/N-ethyl adjacent to an activating group) is 1. The average Bonchev–Trinajstić information content (AvgIpc) is 2.58. The van der Waals surface area contributed by atoms with Crippen molar-refractivity contribution in [2.75, 3.05) is 30.4 Å². The second-order valence-electron chi connectivity index (χ2n) is 5.20. The number of carbonyl (C=O) groups is 1. The lowest BCUT2D eigenvalue weighted by atomic mass is 10.2. The van der Waals surface area contributed by atoms with Crippen LogP contribution in [-0.2, 0) is 14.8 Å². The first-order chi connectivity index (χ1) is 11.4. The highest BCUT2D eigenvalue weighted by Gasteiger charge is 2.23. The lowest BCUT2D eigenvalue weighted by Crippen LogP contribution is -2.35. The molecule has 1 N–H and O–H groups in total. The summed E-state index contributed by atoms with van der Waals surface area (Å²) in [5, 5.41) is 0. The third kappa shape index (κ3) is 3.00. The van der Waals surface area contributed by atoms with Crippen molar-refractivity contribution in [3.05, 3.63) is 42.5 Å². The van der Waals surface area contributed by atoms with Crippen LogP contribution in [0.5, 0.6) is 11.5 Å². The predicted molar refractivity (Wildman–Crippen MR) is 89.1 cm³/mol. The van der Waals surface area contributed by atoms with E-state index in [1.54, 1.807) is 37.4 Å². The molecule has 0 fully saturated rings. The van der Waals surface area contributed by atoms with Gasteiger partial charge in [-0.2, -0.15) is 0 Å². The number of anilines is 2. The molecule has 2 aromatic carbocycles. The van der Waals surface area contributed by atoms with E-state index in [9.17, 15) is 13.2 Å². The van der Waals surface area contributed by atoms with Crippen LogP contribution < -0.4 is 19.1 Å². The van der Waals surface area contributed by atoms with Gasteiger partial charge in [-0.15, -0.1) is 0 Å². The molecule has 0 saturated heterocycles. The lowest BCUT2D eigenvalue weighted by Gasteiger charge is -2.26. The number of hydrogen-bond donors (Lipinski definition) is 1. The van der Waals surface area contributed by atoms with Crippen LogP contribution in [0.15, 0.2) is 47.4 Å². The summed E-state index contributed by atoms with van der Waals surface area (Å²) in [5.74, 6) is 0.905. The molecule has 0 spiro atoms. The molecule has 0 saturated carbocycles. The molecule has 7 nitrogen and oxygen atoms in total. The van der Waals surface area contributed by atoms with Crippen LogP contribution in [0.3, 0.4) is 0 Å². The number of methoxy groups -OCH3 is 1. The number of rotatable bonds is 4. The molecule has 1 heterocycles. The fraction of sp³-hybridized carbons (Fsp3) is 0.188. The Kier molecular flexibility index (Phi) is 4.06. The molecule has 1 aliphatic heterocycles. The second-order valence-corrected chi connectivity index (χ2v) is 6.89. The van der Waals surface area contributed by atoms with Gasteiger partial charge >= 0.3 is 0 Å². The van der Waals surface area contributed by atoms with E-state index in [2.05, 4.69) is 4.72 Å². The number of carbonyl (C=O) groups excluding carboxylic acids is 1. The Balaban J connectivity index is 1.88. The zero-order chi connectivity index (χ0) is 17.3. The van der Waals surface area contributed by atoms with Crippen molar-refractivity contribution < 1.29 is 22.7 Å². The molecule has 0 atom stereocenters. The number of hydrogen-bond acceptors (Lipinski definition) is 5. The van der Waals surface area contributed by atoms with Gasteiger partial charge in [0.1, 0.15) is 11.5 Å². The highest BCUT2D eigenvalue weighted by Crippen LogP contribution is 2.34. The zero-order valence-electron chi connectivity index (χ0n) is 13.1. The smallest absolute Gasteiger partial charge is 0.264 e. The van der Waals surface area contributed by atoms with Crippen molar-refractivity contribution in [3.63, 3.8) is 0 Å². The largest absolute Gasteiger partial charge is 0.497 e. The maximum Gasteiger partial charge on any atom is 0.264 e. The van der Waals surface area contributed by atoms with Gasteiger partial charge in [0.2, 0.25) is 0 Å². The van der Waals surface area contributed by atoms with E-state index in [0.717, 1.165) is 0 Å². The SMILES string of the molecule is COc1ccc(S(=O)(=O)Nc2ccc3c(c2)N(C)C(=O)CO3)cc1. The van der Waals surface area contributed by atoms with E-state index in [1.165, 1.54) is 24.1 Å². The molecule has 0 radical (unpaired) electrons. The van der Waals surface area contributed by atoms with E-state index in [1.807, 2.05) is 0 Å². The molecule has 1 aliphatic rings. The summed E-state index contributed by atoms with van der Waals surface area (Å²) in [6.07, 6.45) is 0. The number of sulfonamides is 1. The maximum absolute atomic E-state index is 12.5. The van der Waals surface area contributed by atoms with Crippen LogP contribution in [0.2, 0.25) is 0 Å². The maximum atomic E-state index is 12.5. The van der Waals surface area contributed by atoms with Gasteiger partial charge in [-0.25, -0.2) is 8.42 Å². The molecule has 24 heavy (non-hydrogen) atoms. The molecule has 0 unspecified atom stereocenters. The summed E-state index contributed by atoms with van der Waals surface area (Å²) in [5.41, 5.74) is 0.857. The van der Waals surface area contributed by atoms with Crippen LogP contribution in [0.25, 0.3) is 0 Å². The predicted octanol–water partition coefficient (Wildman–Crippen LogP) is 1.85. The summed E-state index contributed by atoms with van der Waals surface area (Å²) in [4.78, 5) is 13.2. The number of nitrogens with zero attached hydrogens (tertiary/aromatic N) is 1. The first kappa shape index (κ1) is 16.1. The third-order valence-corrected chi connectivity index (χ3v) is 5.06. The quantitative estimate of drug-likeness (QED) is 0.911. The Morgan fingerprint density at radius 1 is 1.17 bits per heavy atom. The minimum Gasteiger partial charge on any atom is -0.497 e. The van der Waals surface area contributed by atoms with E-state index in [4.69, 9.17) is 9.47 Å². The fourth-order valence-electron chi connectivity index (χ4n) is 2.30. The molecular formula is C16H16N2O5S. The van der Waals surface area contributed by atoms with E-state index < -0.39 is 10.0 Å². The van der Waals surface area contributed by atoms with Gasteiger partial charge in [0.25, 0.3) is 15.9 Å². The van der Waals surface area contributed by atoms with Crippen LogP contribution >= 0.6 is 0 Å². The average molecular weight is 348 g/mol. The minimum absolute atomic E-state index is 0.0274. The van der Waals surface area contributed by atoms with Gasteiger partial charge < -0.3 is 14.4 Å². The molecule has 0 aromatic heterocycles. The summed E-state index contributed by atoms with van der Waals surface area (Å²) < 4.78 is 37.7. The number of ether oxygens (including phenoxy) is 2.